The summed E-state index contributed by atoms with van der Waals surface area (Å²) in [7, 11) is -3.19. The van der Waals surface area contributed by atoms with Crippen molar-refractivity contribution in [2.75, 3.05) is 19.3 Å². The lowest BCUT2D eigenvalue weighted by molar-refractivity contribution is -0.126. The molecule has 4 N–H and O–H groups in total. The molecule has 1 rings (SSSR count). The molecule has 7 heteroatoms. The summed E-state index contributed by atoms with van der Waals surface area (Å²) in [5.41, 5.74) is 5.17. The van der Waals surface area contributed by atoms with Crippen molar-refractivity contribution in [3.05, 3.63) is 0 Å². The molecule has 16 heavy (non-hydrogen) atoms. The van der Waals surface area contributed by atoms with E-state index >= 15 is 0 Å². The minimum atomic E-state index is -3.19. The predicted molar refractivity (Wildman–Crippen MR) is 61.2 cm³/mol. The zero-order valence-electron chi connectivity index (χ0n) is 9.45. The first-order valence-electron chi connectivity index (χ1n) is 5.35. The molecule has 0 spiro atoms. The summed E-state index contributed by atoms with van der Waals surface area (Å²) in [6.45, 7) is 0.464. The Kier molecular flexibility index (Phi) is 4.28. The molecule has 1 fully saturated rings. The van der Waals surface area contributed by atoms with Crippen LogP contribution in [0.15, 0.2) is 0 Å². The number of nitrogens with one attached hydrogen (secondary N) is 2. The molecule has 0 aromatic rings. The summed E-state index contributed by atoms with van der Waals surface area (Å²) in [5, 5.41) is 2.65. The minimum Gasteiger partial charge on any atom is -0.353 e. The van der Waals surface area contributed by atoms with Gasteiger partial charge in [-0.25, -0.2) is 13.1 Å². The smallest absolute Gasteiger partial charge is 0.240 e. The zero-order valence-corrected chi connectivity index (χ0v) is 10.3. The molecule has 1 saturated carbocycles. The third-order valence-electron chi connectivity index (χ3n) is 2.72. The summed E-state index contributed by atoms with van der Waals surface area (Å²) >= 11 is 0. The number of hydrogen-bond donors (Lipinski definition) is 3. The Morgan fingerprint density at radius 1 is 1.31 bits per heavy atom. The van der Waals surface area contributed by atoms with E-state index < -0.39 is 15.6 Å². The predicted octanol–water partition coefficient (Wildman–Crippen LogP) is -1.08. The molecule has 0 radical (unpaired) electrons. The van der Waals surface area contributed by atoms with Gasteiger partial charge in [0.25, 0.3) is 0 Å². The lowest BCUT2D eigenvalue weighted by Gasteiger charge is -2.22. The highest BCUT2D eigenvalue weighted by atomic mass is 32.2. The number of amides is 1. The Hall–Kier alpha value is -0.660. The Labute approximate surface area is 96.0 Å². The maximum absolute atomic E-state index is 11.7. The Morgan fingerprint density at radius 2 is 1.88 bits per heavy atom. The van der Waals surface area contributed by atoms with E-state index in [-0.39, 0.29) is 19.0 Å². The van der Waals surface area contributed by atoms with Crippen molar-refractivity contribution >= 4 is 15.9 Å². The van der Waals surface area contributed by atoms with Gasteiger partial charge in [0.05, 0.1) is 11.8 Å². The van der Waals surface area contributed by atoms with Crippen LogP contribution in [0.5, 0.6) is 0 Å². The molecular formula is C9H19N3O3S. The van der Waals surface area contributed by atoms with Crippen molar-refractivity contribution in [2.45, 2.75) is 31.2 Å². The largest absolute Gasteiger partial charge is 0.353 e. The fraction of sp³-hybridized carbons (Fsp3) is 0.889. The lowest BCUT2D eigenvalue weighted by Crippen LogP contribution is -2.53. The van der Waals surface area contributed by atoms with Crippen LogP contribution in [0.25, 0.3) is 0 Å². The summed E-state index contributed by atoms with van der Waals surface area (Å²) in [6, 6.07) is 0. The average Bonchev–Trinajstić information content (AvgIpc) is 2.59. The Morgan fingerprint density at radius 3 is 2.38 bits per heavy atom. The maximum atomic E-state index is 11.7. The number of carbonyl (C=O) groups excluding carboxylic acids is 1. The third-order valence-corrected chi connectivity index (χ3v) is 3.45. The highest BCUT2D eigenvalue weighted by Gasteiger charge is 2.36. The standard InChI is InChI=1S/C9H19N3O3S/c1-16(14,15)12-7-6-11-8(13)9(10)4-2-3-5-9/h12H,2-7,10H2,1H3,(H,11,13). The molecule has 0 unspecified atom stereocenters. The quantitative estimate of drug-likeness (QED) is 0.540. The highest BCUT2D eigenvalue weighted by Crippen LogP contribution is 2.26. The Bertz CT molecular complexity index is 347. The summed E-state index contributed by atoms with van der Waals surface area (Å²) in [5.74, 6) is -0.180. The molecule has 0 aromatic carbocycles. The van der Waals surface area contributed by atoms with Crippen LogP contribution in [0.4, 0.5) is 0 Å². The van der Waals surface area contributed by atoms with Gasteiger partial charge in [-0.2, -0.15) is 0 Å². The fourth-order valence-electron chi connectivity index (χ4n) is 1.82. The summed E-state index contributed by atoms with van der Waals surface area (Å²) in [4.78, 5) is 11.7. The second-order valence-electron chi connectivity index (χ2n) is 4.29. The van der Waals surface area contributed by atoms with Crippen LogP contribution in [0.1, 0.15) is 25.7 Å². The molecule has 1 aliphatic carbocycles. The van der Waals surface area contributed by atoms with Crippen LogP contribution in [-0.4, -0.2) is 39.2 Å². The van der Waals surface area contributed by atoms with Crippen molar-refractivity contribution in [3.63, 3.8) is 0 Å². The molecule has 0 aliphatic heterocycles. The molecule has 0 saturated heterocycles. The summed E-state index contributed by atoms with van der Waals surface area (Å²) < 4.78 is 23.8. The number of rotatable bonds is 5. The van der Waals surface area contributed by atoms with Gasteiger partial charge in [0.2, 0.25) is 15.9 Å². The molecule has 1 aliphatic rings. The van der Waals surface area contributed by atoms with Gasteiger partial charge in [0.1, 0.15) is 0 Å². The van der Waals surface area contributed by atoms with Crippen molar-refractivity contribution in [2.24, 2.45) is 5.73 Å². The van der Waals surface area contributed by atoms with Gasteiger partial charge in [0.15, 0.2) is 0 Å². The van der Waals surface area contributed by atoms with Crippen molar-refractivity contribution in [3.8, 4) is 0 Å². The van der Waals surface area contributed by atoms with Gasteiger partial charge in [0, 0.05) is 13.1 Å². The first kappa shape index (κ1) is 13.4. The molecule has 0 aromatic heterocycles. The van der Waals surface area contributed by atoms with Gasteiger partial charge in [-0.1, -0.05) is 12.8 Å². The molecule has 1 amide bonds. The van der Waals surface area contributed by atoms with Crippen molar-refractivity contribution < 1.29 is 13.2 Å². The number of carbonyl (C=O) groups is 1. The summed E-state index contributed by atoms with van der Waals surface area (Å²) in [6.07, 6.45) is 4.45. The molecule has 0 heterocycles. The van der Waals surface area contributed by atoms with Gasteiger partial charge in [-0.15, -0.1) is 0 Å². The van der Waals surface area contributed by atoms with E-state index in [2.05, 4.69) is 10.0 Å². The number of sulfonamides is 1. The SMILES string of the molecule is CS(=O)(=O)NCCNC(=O)C1(N)CCCC1. The molecular weight excluding hydrogens is 230 g/mol. The fourth-order valence-corrected chi connectivity index (χ4v) is 2.29. The number of nitrogens with two attached hydrogens (primary N) is 1. The zero-order chi connectivity index (χ0) is 12.2. The monoisotopic (exact) mass is 249 g/mol. The van der Waals surface area contributed by atoms with E-state index in [1.165, 1.54) is 0 Å². The molecule has 6 nitrogen and oxygen atoms in total. The molecule has 0 atom stereocenters. The molecule has 0 bridgehead atoms. The van der Waals surface area contributed by atoms with Crippen LogP contribution in [0.3, 0.4) is 0 Å². The van der Waals surface area contributed by atoms with Crippen LogP contribution in [0, 0.1) is 0 Å². The van der Waals surface area contributed by atoms with Crippen LogP contribution in [-0.2, 0) is 14.8 Å². The third kappa shape index (κ3) is 4.07. The lowest BCUT2D eigenvalue weighted by atomic mass is 9.98. The number of hydrogen-bond acceptors (Lipinski definition) is 4. The molecule has 94 valence electrons. The van der Waals surface area contributed by atoms with Gasteiger partial charge in [-0.3, -0.25) is 4.79 Å². The van der Waals surface area contributed by atoms with E-state index in [1.54, 1.807) is 0 Å². The first-order chi connectivity index (χ1) is 7.33. The minimum absolute atomic E-state index is 0.180. The van der Waals surface area contributed by atoms with E-state index in [1.807, 2.05) is 0 Å². The average molecular weight is 249 g/mol. The van der Waals surface area contributed by atoms with Crippen LogP contribution < -0.4 is 15.8 Å². The van der Waals surface area contributed by atoms with Gasteiger partial charge < -0.3 is 11.1 Å². The van der Waals surface area contributed by atoms with E-state index in [0.29, 0.717) is 12.8 Å². The maximum Gasteiger partial charge on any atom is 0.240 e. The van der Waals surface area contributed by atoms with Crippen molar-refractivity contribution in [1.82, 2.24) is 10.0 Å². The van der Waals surface area contributed by atoms with Crippen LogP contribution >= 0.6 is 0 Å². The van der Waals surface area contributed by atoms with Crippen molar-refractivity contribution in [1.29, 1.82) is 0 Å². The highest BCUT2D eigenvalue weighted by molar-refractivity contribution is 7.88. The van der Waals surface area contributed by atoms with E-state index in [4.69, 9.17) is 5.73 Å². The van der Waals surface area contributed by atoms with Gasteiger partial charge in [-0.05, 0) is 12.8 Å². The van der Waals surface area contributed by atoms with Crippen LogP contribution in [0.2, 0.25) is 0 Å². The second-order valence-corrected chi connectivity index (χ2v) is 6.12. The van der Waals surface area contributed by atoms with Gasteiger partial charge >= 0.3 is 0 Å². The van der Waals surface area contributed by atoms with E-state index in [0.717, 1.165) is 19.1 Å². The Balaban J connectivity index is 2.25. The normalized spacial score (nSPS) is 19.6. The topological polar surface area (TPSA) is 101 Å². The second kappa shape index (κ2) is 5.11. The first-order valence-corrected chi connectivity index (χ1v) is 7.24. The van der Waals surface area contributed by atoms with E-state index in [9.17, 15) is 13.2 Å².